The van der Waals surface area contributed by atoms with Crippen molar-refractivity contribution in [1.82, 2.24) is 9.88 Å². The highest BCUT2D eigenvalue weighted by Gasteiger charge is 2.23. The van der Waals surface area contributed by atoms with E-state index in [1.165, 1.54) is 18.5 Å². The molecular formula is C22H27N5O2. The first-order valence-corrected chi connectivity index (χ1v) is 10.3. The van der Waals surface area contributed by atoms with Gasteiger partial charge in [0, 0.05) is 56.8 Å². The summed E-state index contributed by atoms with van der Waals surface area (Å²) < 4.78 is 0. The summed E-state index contributed by atoms with van der Waals surface area (Å²) in [6.45, 7) is 4.84. The van der Waals surface area contributed by atoms with Crippen LogP contribution in [0.25, 0.3) is 0 Å². The maximum Gasteiger partial charge on any atom is 0.233 e. The lowest BCUT2D eigenvalue weighted by molar-refractivity contribution is -0.134. The number of hydrogen-bond donors (Lipinski definition) is 1. The third kappa shape index (κ3) is 4.85. The van der Waals surface area contributed by atoms with Crippen molar-refractivity contribution in [2.45, 2.75) is 19.3 Å². The molecule has 2 aliphatic heterocycles. The molecule has 0 aliphatic carbocycles. The third-order valence-corrected chi connectivity index (χ3v) is 5.54. The molecule has 2 aliphatic rings. The molecule has 0 saturated carbocycles. The number of amides is 2. The molecule has 152 valence electrons. The van der Waals surface area contributed by atoms with Crippen LogP contribution in [0.15, 0.2) is 48.7 Å². The zero-order valence-electron chi connectivity index (χ0n) is 16.6. The van der Waals surface area contributed by atoms with Crippen LogP contribution in [0.1, 0.15) is 19.3 Å². The van der Waals surface area contributed by atoms with Gasteiger partial charge in [0.25, 0.3) is 0 Å². The smallest absolute Gasteiger partial charge is 0.233 e. The van der Waals surface area contributed by atoms with Crippen LogP contribution in [0, 0.1) is 0 Å². The molecule has 1 aromatic carbocycles. The fourth-order valence-electron chi connectivity index (χ4n) is 3.91. The molecular weight excluding hydrogens is 366 g/mol. The van der Waals surface area contributed by atoms with E-state index in [4.69, 9.17) is 0 Å². The molecule has 0 spiro atoms. The number of carbonyl (C=O) groups is 2. The molecule has 4 rings (SSSR count). The van der Waals surface area contributed by atoms with Gasteiger partial charge in [-0.3, -0.25) is 9.59 Å². The summed E-state index contributed by atoms with van der Waals surface area (Å²) in [4.78, 5) is 35.4. The van der Waals surface area contributed by atoms with E-state index in [1.54, 1.807) is 11.1 Å². The number of carbonyl (C=O) groups excluding carboxylic acids is 2. The van der Waals surface area contributed by atoms with Crippen LogP contribution in [0.4, 0.5) is 17.2 Å². The van der Waals surface area contributed by atoms with Gasteiger partial charge in [-0.2, -0.15) is 0 Å². The number of nitrogens with zero attached hydrogens (tertiary/aromatic N) is 4. The van der Waals surface area contributed by atoms with Crippen LogP contribution < -0.4 is 15.1 Å². The monoisotopic (exact) mass is 393 g/mol. The van der Waals surface area contributed by atoms with Crippen LogP contribution in [0.3, 0.4) is 0 Å². The van der Waals surface area contributed by atoms with Crippen LogP contribution in [-0.2, 0) is 9.59 Å². The number of rotatable bonds is 5. The van der Waals surface area contributed by atoms with Crippen molar-refractivity contribution in [3.8, 4) is 0 Å². The van der Waals surface area contributed by atoms with Crippen LogP contribution in [0.5, 0.6) is 0 Å². The second-order valence-electron chi connectivity index (χ2n) is 7.52. The minimum Gasteiger partial charge on any atom is -0.372 e. The van der Waals surface area contributed by atoms with Crippen molar-refractivity contribution in [3.05, 3.63) is 48.7 Å². The third-order valence-electron chi connectivity index (χ3n) is 5.54. The zero-order valence-corrected chi connectivity index (χ0v) is 16.6. The van der Waals surface area contributed by atoms with E-state index < -0.39 is 0 Å². The average Bonchev–Trinajstić information content (AvgIpc) is 3.30. The summed E-state index contributed by atoms with van der Waals surface area (Å²) in [7, 11) is 0. The highest BCUT2D eigenvalue weighted by atomic mass is 16.2. The van der Waals surface area contributed by atoms with E-state index >= 15 is 0 Å². The molecule has 0 unspecified atom stereocenters. The summed E-state index contributed by atoms with van der Waals surface area (Å²) in [5.74, 6) is 0.530. The highest BCUT2D eigenvalue weighted by molar-refractivity contribution is 6.03. The normalized spacial score (nSPS) is 16.8. The summed E-state index contributed by atoms with van der Waals surface area (Å²) in [6, 6.07) is 13.7. The molecule has 2 amide bonds. The molecule has 2 saturated heterocycles. The standard InChI is InChI=1S/C22H27N5O2/c28-21(24-18-6-8-19(9-7-18)25-11-3-4-12-25)17-22(29)27-15-13-26(14-16-27)20-5-1-2-10-23-20/h1-2,5-10H,3-4,11-17H2,(H,24,28). The number of nitrogens with one attached hydrogen (secondary N) is 1. The van der Waals surface area contributed by atoms with Crippen molar-refractivity contribution >= 4 is 29.0 Å². The number of pyridine rings is 1. The lowest BCUT2D eigenvalue weighted by Gasteiger charge is -2.35. The number of benzene rings is 1. The zero-order chi connectivity index (χ0) is 20.1. The predicted octanol–water partition coefficient (Wildman–Crippen LogP) is 2.36. The Morgan fingerprint density at radius 1 is 0.862 bits per heavy atom. The predicted molar refractivity (Wildman–Crippen MR) is 114 cm³/mol. The molecule has 3 heterocycles. The molecule has 2 fully saturated rings. The second kappa shape index (κ2) is 8.94. The maximum absolute atomic E-state index is 12.5. The summed E-state index contributed by atoms with van der Waals surface area (Å²) in [5, 5.41) is 2.84. The van der Waals surface area contributed by atoms with Crippen LogP contribution in [0.2, 0.25) is 0 Å². The average molecular weight is 393 g/mol. The van der Waals surface area contributed by atoms with Gasteiger partial charge in [0.1, 0.15) is 12.2 Å². The van der Waals surface area contributed by atoms with Crippen molar-refractivity contribution in [2.75, 3.05) is 54.4 Å². The summed E-state index contributed by atoms with van der Waals surface area (Å²) in [5.41, 5.74) is 1.91. The molecule has 7 nitrogen and oxygen atoms in total. The quantitative estimate of drug-likeness (QED) is 0.790. The van der Waals surface area contributed by atoms with Crippen molar-refractivity contribution in [3.63, 3.8) is 0 Å². The Hall–Kier alpha value is -3.09. The first-order valence-electron chi connectivity index (χ1n) is 10.3. The Kier molecular flexibility index (Phi) is 5.93. The Morgan fingerprint density at radius 3 is 2.24 bits per heavy atom. The Balaban J connectivity index is 1.24. The molecule has 0 bridgehead atoms. The van der Waals surface area contributed by atoms with Crippen LogP contribution in [-0.4, -0.2) is 61.0 Å². The minimum atomic E-state index is -0.268. The highest BCUT2D eigenvalue weighted by Crippen LogP contribution is 2.22. The van der Waals surface area contributed by atoms with E-state index in [0.717, 1.165) is 37.7 Å². The van der Waals surface area contributed by atoms with E-state index in [9.17, 15) is 9.59 Å². The van der Waals surface area contributed by atoms with Gasteiger partial charge in [0.05, 0.1) is 0 Å². The number of piperazine rings is 1. The summed E-state index contributed by atoms with van der Waals surface area (Å²) in [6.07, 6.45) is 4.11. The molecule has 7 heteroatoms. The Bertz CT molecular complexity index is 826. The molecule has 1 aromatic heterocycles. The molecule has 0 atom stereocenters. The van der Waals surface area contributed by atoms with Crippen molar-refractivity contribution in [1.29, 1.82) is 0 Å². The van der Waals surface area contributed by atoms with Gasteiger partial charge in [0.15, 0.2) is 0 Å². The fraction of sp³-hybridized carbons (Fsp3) is 0.409. The number of anilines is 3. The van der Waals surface area contributed by atoms with Gasteiger partial charge >= 0.3 is 0 Å². The minimum absolute atomic E-state index is 0.128. The van der Waals surface area contributed by atoms with Gasteiger partial charge < -0.3 is 20.0 Å². The fourth-order valence-corrected chi connectivity index (χ4v) is 3.91. The second-order valence-corrected chi connectivity index (χ2v) is 7.52. The van der Waals surface area contributed by atoms with Crippen molar-refractivity contribution in [2.24, 2.45) is 0 Å². The van der Waals surface area contributed by atoms with Crippen molar-refractivity contribution < 1.29 is 9.59 Å². The van der Waals surface area contributed by atoms with Crippen LogP contribution >= 0.6 is 0 Å². The van der Waals surface area contributed by atoms with Gasteiger partial charge in [0.2, 0.25) is 11.8 Å². The Labute approximate surface area is 171 Å². The summed E-state index contributed by atoms with van der Waals surface area (Å²) >= 11 is 0. The SMILES string of the molecule is O=C(CC(=O)N1CCN(c2ccccn2)CC1)Nc1ccc(N2CCCC2)cc1. The number of hydrogen-bond acceptors (Lipinski definition) is 5. The first-order chi connectivity index (χ1) is 14.2. The molecule has 2 aromatic rings. The maximum atomic E-state index is 12.5. The van der Waals surface area contributed by atoms with E-state index in [1.807, 2.05) is 42.5 Å². The molecule has 0 radical (unpaired) electrons. The lowest BCUT2D eigenvalue weighted by atomic mass is 10.2. The number of aromatic nitrogens is 1. The van der Waals surface area contributed by atoms with Gasteiger partial charge in [-0.1, -0.05) is 6.07 Å². The lowest BCUT2D eigenvalue weighted by Crippen LogP contribution is -2.49. The Morgan fingerprint density at radius 2 is 1.59 bits per heavy atom. The van der Waals surface area contributed by atoms with E-state index in [0.29, 0.717) is 13.1 Å². The molecule has 1 N–H and O–H groups in total. The first kappa shape index (κ1) is 19.2. The van der Waals surface area contributed by atoms with Gasteiger partial charge in [-0.15, -0.1) is 0 Å². The van der Waals surface area contributed by atoms with E-state index in [-0.39, 0.29) is 18.2 Å². The van der Waals surface area contributed by atoms with E-state index in [2.05, 4.69) is 20.1 Å². The topological polar surface area (TPSA) is 68.8 Å². The van der Waals surface area contributed by atoms with Gasteiger partial charge in [-0.25, -0.2) is 4.98 Å². The largest absolute Gasteiger partial charge is 0.372 e. The van der Waals surface area contributed by atoms with Gasteiger partial charge in [-0.05, 0) is 49.2 Å². The molecule has 29 heavy (non-hydrogen) atoms.